The van der Waals surface area contributed by atoms with Crippen molar-refractivity contribution in [3.05, 3.63) is 61.2 Å². The summed E-state index contributed by atoms with van der Waals surface area (Å²) in [5, 5.41) is 0. The van der Waals surface area contributed by atoms with E-state index in [1.807, 2.05) is 30.4 Å². The molecule has 1 nitrogen and oxygen atoms in total. The molecular formula is C14H19N. The molecule has 0 bridgehead atoms. The summed E-state index contributed by atoms with van der Waals surface area (Å²) in [6, 6.07) is 10.4. The summed E-state index contributed by atoms with van der Waals surface area (Å²) in [5.41, 5.74) is 7.16. The van der Waals surface area contributed by atoms with Gasteiger partial charge in [0.05, 0.1) is 0 Å². The summed E-state index contributed by atoms with van der Waals surface area (Å²) in [5.74, 6) is 0. The molecule has 0 amide bonds. The number of benzene rings is 1. The molecule has 0 spiro atoms. The molecule has 0 atom stereocenters. The molecular weight excluding hydrogens is 182 g/mol. The maximum atomic E-state index is 5.92. The number of rotatable bonds is 6. The van der Waals surface area contributed by atoms with Crippen LogP contribution in [0.25, 0.3) is 0 Å². The van der Waals surface area contributed by atoms with E-state index in [4.69, 9.17) is 5.73 Å². The van der Waals surface area contributed by atoms with Crippen molar-refractivity contribution in [2.75, 3.05) is 6.54 Å². The van der Waals surface area contributed by atoms with Gasteiger partial charge in [-0.1, -0.05) is 42.5 Å². The van der Waals surface area contributed by atoms with Gasteiger partial charge in [-0.3, -0.25) is 0 Å². The molecule has 1 heteroatoms. The maximum absolute atomic E-state index is 5.92. The number of nitrogens with two attached hydrogens (primary N) is 1. The van der Waals surface area contributed by atoms with Crippen LogP contribution < -0.4 is 5.73 Å². The van der Waals surface area contributed by atoms with Crippen LogP contribution in [0.15, 0.2) is 55.6 Å². The molecule has 0 aromatic heterocycles. The van der Waals surface area contributed by atoms with Crippen molar-refractivity contribution in [1.82, 2.24) is 0 Å². The third kappa shape index (κ3) is 2.57. The minimum Gasteiger partial charge on any atom is -0.330 e. The highest BCUT2D eigenvalue weighted by atomic mass is 14.6. The maximum Gasteiger partial charge on any atom is 0.0144 e. The normalized spacial score (nSPS) is 11.0. The van der Waals surface area contributed by atoms with Crippen molar-refractivity contribution in [2.24, 2.45) is 5.73 Å². The molecule has 2 N–H and O–H groups in total. The van der Waals surface area contributed by atoms with Crippen LogP contribution in [0.2, 0.25) is 0 Å². The molecule has 1 aromatic carbocycles. The fraction of sp³-hybridized carbons (Fsp3) is 0.286. The van der Waals surface area contributed by atoms with Gasteiger partial charge in [-0.2, -0.15) is 0 Å². The average molecular weight is 201 g/mol. The Morgan fingerprint density at radius 1 is 1.07 bits per heavy atom. The molecule has 0 aliphatic carbocycles. The minimum atomic E-state index is -0.0231. The zero-order valence-corrected chi connectivity index (χ0v) is 9.15. The molecule has 0 unspecified atom stereocenters. The van der Waals surface area contributed by atoms with Crippen LogP contribution in [0.1, 0.15) is 18.4 Å². The number of hydrogen-bond donors (Lipinski definition) is 1. The molecule has 0 fully saturated rings. The van der Waals surface area contributed by atoms with E-state index in [0.717, 1.165) is 12.8 Å². The molecule has 1 aromatic rings. The first-order valence-electron chi connectivity index (χ1n) is 5.26. The van der Waals surface area contributed by atoms with Gasteiger partial charge in [0.2, 0.25) is 0 Å². The standard InChI is InChI=1S/C14H19N/c1-3-10-14(12-15,11-4-2)13-8-6-5-7-9-13/h3-9H,1-2,10-12,15H2. The first-order chi connectivity index (χ1) is 7.29. The van der Waals surface area contributed by atoms with Crippen molar-refractivity contribution in [1.29, 1.82) is 0 Å². The van der Waals surface area contributed by atoms with Gasteiger partial charge in [-0.05, 0) is 18.4 Å². The molecule has 15 heavy (non-hydrogen) atoms. The lowest BCUT2D eigenvalue weighted by atomic mass is 9.75. The van der Waals surface area contributed by atoms with Crippen LogP contribution in [0.4, 0.5) is 0 Å². The number of hydrogen-bond acceptors (Lipinski definition) is 1. The lowest BCUT2D eigenvalue weighted by Gasteiger charge is -2.31. The van der Waals surface area contributed by atoms with Crippen molar-refractivity contribution in [3.8, 4) is 0 Å². The zero-order chi connectivity index (χ0) is 11.1. The Labute approximate surface area is 92.3 Å². The Bertz CT molecular complexity index is 303. The second-order valence-corrected chi connectivity index (χ2v) is 3.84. The molecule has 0 saturated carbocycles. The Morgan fingerprint density at radius 2 is 1.60 bits per heavy atom. The smallest absolute Gasteiger partial charge is 0.0144 e. The van der Waals surface area contributed by atoms with Crippen LogP contribution in [0, 0.1) is 0 Å². The third-order valence-electron chi connectivity index (χ3n) is 2.85. The topological polar surface area (TPSA) is 26.0 Å². The summed E-state index contributed by atoms with van der Waals surface area (Å²) in [7, 11) is 0. The van der Waals surface area contributed by atoms with Crippen LogP contribution in [-0.4, -0.2) is 6.54 Å². The highest BCUT2D eigenvalue weighted by Gasteiger charge is 2.27. The van der Waals surface area contributed by atoms with Crippen LogP contribution in [0.5, 0.6) is 0 Å². The van der Waals surface area contributed by atoms with Crippen LogP contribution in [0.3, 0.4) is 0 Å². The van der Waals surface area contributed by atoms with Crippen LogP contribution in [-0.2, 0) is 5.41 Å². The Morgan fingerprint density at radius 3 is 2.00 bits per heavy atom. The lowest BCUT2D eigenvalue weighted by molar-refractivity contribution is 0.448. The summed E-state index contributed by atoms with van der Waals surface area (Å²) in [4.78, 5) is 0. The van der Waals surface area contributed by atoms with E-state index in [1.54, 1.807) is 0 Å². The molecule has 80 valence electrons. The lowest BCUT2D eigenvalue weighted by Crippen LogP contribution is -2.34. The molecule has 1 rings (SSSR count). The van der Waals surface area contributed by atoms with Gasteiger partial charge in [0, 0.05) is 12.0 Å². The first kappa shape index (κ1) is 11.7. The summed E-state index contributed by atoms with van der Waals surface area (Å²) < 4.78 is 0. The van der Waals surface area contributed by atoms with Gasteiger partial charge in [0.25, 0.3) is 0 Å². The van der Waals surface area contributed by atoms with Crippen molar-refractivity contribution < 1.29 is 0 Å². The summed E-state index contributed by atoms with van der Waals surface area (Å²) >= 11 is 0. The second kappa shape index (κ2) is 5.52. The minimum absolute atomic E-state index is 0.0231. The zero-order valence-electron chi connectivity index (χ0n) is 9.15. The van der Waals surface area contributed by atoms with E-state index in [1.165, 1.54) is 5.56 Å². The van der Waals surface area contributed by atoms with Gasteiger partial charge in [0.15, 0.2) is 0 Å². The molecule has 0 saturated heterocycles. The highest BCUT2D eigenvalue weighted by Crippen LogP contribution is 2.31. The fourth-order valence-electron chi connectivity index (χ4n) is 1.95. The van der Waals surface area contributed by atoms with E-state index in [2.05, 4.69) is 25.3 Å². The third-order valence-corrected chi connectivity index (χ3v) is 2.85. The second-order valence-electron chi connectivity index (χ2n) is 3.84. The Balaban J connectivity index is 3.07. The summed E-state index contributed by atoms with van der Waals surface area (Å²) in [6.45, 7) is 8.24. The first-order valence-corrected chi connectivity index (χ1v) is 5.26. The van der Waals surface area contributed by atoms with E-state index < -0.39 is 0 Å². The highest BCUT2D eigenvalue weighted by molar-refractivity contribution is 5.27. The largest absolute Gasteiger partial charge is 0.330 e. The van der Waals surface area contributed by atoms with Crippen LogP contribution >= 0.6 is 0 Å². The Hall–Kier alpha value is -1.34. The van der Waals surface area contributed by atoms with Gasteiger partial charge >= 0.3 is 0 Å². The predicted molar refractivity (Wildman–Crippen MR) is 66.8 cm³/mol. The van der Waals surface area contributed by atoms with Crippen molar-refractivity contribution >= 4 is 0 Å². The molecule has 0 aliphatic heterocycles. The monoisotopic (exact) mass is 201 g/mol. The van der Waals surface area contributed by atoms with Crippen molar-refractivity contribution in [2.45, 2.75) is 18.3 Å². The van der Waals surface area contributed by atoms with E-state index in [0.29, 0.717) is 6.54 Å². The fourth-order valence-corrected chi connectivity index (χ4v) is 1.95. The van der Waals surface area contributed by atoms with E-state index in [9.17, 15) is 0 Å². The quantitative estimate of drug-likeness (QED) is 0.703. The molecule has 0 radical (unpaired) electrons. The SMILES string of the molecule is C=CCC(CN)(CC=C)c1ccccc1. The van der Waals surface area contributed by atoms with E-state index >= 15 is 0 Å². The molecule has 0 aliphatic rings. The van der Waals surface area contributed by atoms with Gasteiger partial charge in [-0.15, -0.1) is 13.2 Å². The Kier molecular flexibility index (Phi) is 4.32. The van der Waals surface area contributed by atoms with Gasteiger partial charge in [0.1, 0.15) is 0 Å². The van der Waals surface area contributed by atoms with Gasteiger partial charge < -0.3 is 5.73 Å². The van der Waals surface area contributed by atoms with Crippen molar-refractivity contribution in [3.63, 3.8) is 0 Å². The number of allylic oxidation sites excluding steroid dienone is 2. The van der Waals surface area contributed by atoms with Gasteiger partial charge in [-0.25, -0.2) is 0 Å². The van der Waals surface area contributed by atoms with E-state index in [-0.39, 0.29) is 5.41 Å². The summed E-state index contributed by atoms with van der Waals surface area (Å²) in [6.07, 6.45) is 5.64. The molecule has 0 heterocycles. The average Bonchev–Trinajstić information content (AvgIpc) is 2.30. The predicted octanol–water partition coefficient (Wildman–Crippen LogP) is 3.04.